The van der Waals surface area contributed by atoms with E-state index in [1.807, 2.05) is 4.90 Å². The van der Waals surface area contributed by atoms with Crippen LogP contribution in [-0.2, 0) is 6.18 Å². The highest BCUT2D eigenvalue weighted by Crippen LogP contribution is 2.49. The molecular weight excluding hydrogens is 611 g/mol. The van der Waals surface area contributed by atoms with E-state index in [0.717, 1.165) is 31.5 Å². The number of fused-ring (bicyclic) bond motifs is 1. The molecule has 2 saturated heterocycles. The molecule has 1 aromatic carbocycles. The number of hydrogen-bond donors (Lipinski definition) is 2. The molecule has 4 aliphatic rings. The molecule has 0 radical (unpaired) electrons. The van der Waals surface area contributed by atoms with Crippen LogP contribution in [0.15, 0.2) is 12.1 Å². The Morgan fingerprint density at radius 3 is 2.66 bits per heavy atom. The molecule has 0 unspecified atom stereocenters. The number of anilines is 2. The lowest BCUT2D eigenvalue weighted by molar-refractivity contribution is -0.137. The summed E-state index contributed by atoms with van der Waals surface area (Å²) in [5.74, 6) is -1.14. The standard InChI is InChI=1S/C29H30ClF5N6O3/c1-40-6-4-28(10-16(42)11-28)44-25-19-23(21(32)22(37-25)17-7-15(36)8-18(30)20(17)29(33,34)35)38-26(39-24(19)40)43-13-27-3-2-5-41(27)12-14(31)9-27/h7-8,14,16,42H,2-6,9-13,36H2,1H3/t14-,16?,27+,28?/m1/s1. The largest absolute Gasteiger partial charge is 0.470 e. The number of rotatable bonds is 4. The van der Waals surface area contributed by atoms with Crippen LogP contribution in [0.25, 0.3) is 22.2 Å². The Hall–Kier alpha value is -3.23. The van der Waals surface area contributed by atoms with Gasteiger partial charge in [-0.3, -0.25) is 4.90 Å². The van der Waals surface area contributed by atoms with Crippen molar-refractivity contribution in [1.82, 2.24) is 19.9 Å². The predicted molar refractivity (Wildman–Crippen MR) is 152 cm³/mol. The Kier molecular flexibility index (Phi) is 6.80. The maximum atomic E-state index is 16.6. The molecule has 2 atom stereocenters. The van der Waals surface area contributed by atoms with E-state index in [1.54, 1.807) is 11.9 Å². The number of ether oxygens (including phenoxy) is 2. The molecule has 15 heteroatoms. The first kappa shape index (κ1) is 29.5. The lowest BCUT2D eigenvalue weighted by Gasteiger charge is -2.46. The van der Waals surface area contributed by atoms with Crippen molar-refractivity contribution in [1.29, 1.82) is 0 Å². The van der Waals surface area contributed by atoms with Crippen molar-refractivity contribution in [3.05, 3.63) is 28.5 Å². The van der Waals surface area contributed by atoms with Gasteiger partial charge < -0.3 is 25.2 Å². The van der Waals surface area contributed by atoms with Crippen LogP contribution >= 0.6 is 11.6 Å². The van der Waals surface area contributed by atoms with Gasteiger partial charge in [-0.2, -0.15) is 23.1 Å². The minimum Gasteiger partial charge on any atom is -0.470 e. The molecule has 3 aliphatic heterocycles. The summed E-state index contributed by atoms with van der Waals surface area (Å²) in [7, 11) is 1.73. The molecule has 5 heterocycles. The molecule has 3 fully saturated rings. The van der Waals surface area contributed by atoms with Crippen LogP contribution in [0.2, 0.25) is 5.02 Å². The first-order chi connectivity index (χ1) is 20.8. The van der Waals surface area contributed by atoms with Crippen molar-refractivity contribution in [2.45, 2.75) is 68.1 Å². The van der Waals surface area contributed by atoms with Gasteiger partial charge in [-0.05, 0) is 31.5 Å². The van der Waals surface area contributed by atoms with E-state index >= 15 is 4.39 Å². The number of aliphatic hydroxyl groups excluding tert-OH is 1. The number of benzene rings is 1. The molecule has 1 saturated carbocycles. The molecule has 1 aliphatic carbocycles. The Balaban J connectivity index is 1.42. The fraction of sp³-hybridized carbons (Fsp3) is 0.552. The quantitative estimate of drug-likeness (QED) is 0.296. The lowest BCUT2D eigenvalue weighted by Crippen LogP contribution is -2.54. The van der Waals surface area contributed by atoms with Crippen molar-refractivity contribution in [2.24, 2.45) is 0 Å². The first-order valence-electron chi connectivity index (χ1n) is 14.5. The number of nitrogens with zero attached hydrogens (tertiary/aromatic N) is 5. The zero-order valence-corrected chi connectivity index (χ0v) is 24.5. The van der Waals surface area contributed by atoms with Crippen LogP contribution in [0.5, 0.6) is 11.9 Å². The van der Waals surface area contributed by atoms with Crippen LogP contribution < -0.4 is 20.1 Å². The van der Waals surface area contributed by atoms with Gasteiger partial charge in [-0.15, -0.1) is 0 Å². The van der Waals surface area contributed by atoms with Crippen LogP contribution in [0, 0.1) is 5.82 Å². The zero-order chi connectivity index (χ0) is 31.2. The number of halogens is 6. The summed E-state index contributed by atoms with van der Waals surface area (Å²) in [4.78, 5) is 17.0. The van der Waals surface area contributed by atoms with E-state index in [2.05, 4.69) is 15.0 Å². The zero-order valence-electron chi connectivity index (χ0n) is 23.7. The second-order valence-corrected chi connectivity index (χ2v) is 12.8. The van der Waals surface area contributed by atoms with Gasteiger partial charge in [0.15, 0.2) is 5.82 Å². The molecule has 44 heavy (non-hydrogen) atoms. The molecule has 1 spiro atoms. The second-order valence-electron chi connectivity index (χ2n) is 12.4. The Morgan fingerprint density at radius 1 is 1.16 bits per heavy atom. The third-order valence-corrected chi connectivity index (χ3v) is 9.69. The third kappa shape index (κ3) is 4.76. The number of pyridine rings is 1. The fourth-order valence-electron chi connectivity index (χ4n) is 7.27. The van der Waals surface area contributed by atoms with Crippen LogP contribution in [0.4, 0.5) is 33.5 Å². The third-order valence-electron chi connectivity index (χ3n) is 9.39. The van der Waals surface area contributed by atoms with Gasteiger partial charge in [0.25, 0.3) is 0 Å². The van der Waals surface area contributed by atoms with E-state index in [9.17, 15) is 22.7 Å². The fourth-order valence-corrected chi connectivity index (χ4v) is 7.60. The normalized spacial score (nSPS) is 28.5. The van der Waals surface area contributed by atoms with E-state index < -0.39 is 57.3 Å². The number of aliphatic hydroxyl groups is 1. The van der Waals surface area contributed by atoms with E-state index in [1.165, 1.54) is 0 Å². The van der Waals surface area contributed by atoms with Gasteiger partial charge in [0.05, 0.1) is 22.2 Å². The summed E-state index contributed by atoms with van der Waals surface area (Å²) in [5.41, 5.74) is 1.27. The summed E-state index contributed by atoms with van der Waals surface area (Å²) < 4.78 is 86.1. The summed E-state index contributed by atoms with van der Waals surface area (Å²) in [6, 6.07) is 1.68. The van der Waals surface area contributed by atoms with E-state index in [-0.39, 0.29) is 60.2 Å². The Bertz CT molecular complexity index is 1650. The summed E-state index contributed by atoms with van der Waals surface area (Å²) in [6.07, 6.45) is -3.73. The van der Waals surface area contributed by atoms with Gasteiger partial charge in [0.2, 0.25) is 5.88 Å². The summed E-state index contributed by atoms with van der Waals surface area (Å²) >= 11 is 6.00. The summed E-state index contributed by atoms with van der Waals surface area (Å²) in [5, 5.41) is 9.45. The molecule has 236 valence electrons. The molecule has 3 aromatic rings. The molecule has 9 nitrogen and oxygen atoms in total. The van der Waals surface area contributed by atoms with Crippen molar-refractivity contribution in [3.63, 3.8) is 0 Å². The number of hydrogen-bond acceptors (Lipinski definition) is 9. The number of aromatic nitrogens is 3. The minimum atomic E-state index is -4.97. The number of alkyl halides is 4. The number of nitrogens with two attached hydrogens (primary N) is 1. The highest BCUT2D eigenvalue weighted by Gasteiger charge is 2.50. The maximum absolute atomic E-state index is 16.6. The Labute approximate surface area is 254 Å². The van der Waals surface area contributed by atoms with Crippen LogP contribution in [-0.4, -0.2) is 81.7 Å². The van der Waals surface area contributed by atoms with Gasteiger partial charge in [-0.1, -0.05) is 11.6 Å². The highest BCUT2D eigenvalue weighted by atomic mass is 35.5. The second kappa shape index (κ2) is 10.1. The van der Waals surface area contributed by atoms with Crippen LogP contribution in [0.1, 0.15) is 44.1 Å². The molecule has 0 bridgehead atoms. The monoisotopic (exact) mass is 640 g/mol. The van der Waals surface area contributed by atoms with Crippen LogP contribution in [0.3, 0.4) is 0 Å². The van der Waals surface area contributed by atoms with Crippen molar-refractivity contribution < 1.29 is 36.5 Å². The average Bonchev–Trinajstić information content (AvgIpc) is 3.44. The van der Waals surface area contributed by atoms with Gasteiger partial charge >= 0.3 is 12.2 Å². The van der Waals surface area contributed by atoms with Gasteiger partial charge in [-0.25, -0.2) is 13.8 Å². The van der Waals surface area contributed by atoms with Crippen molar-refractivity contribution >= 4 is 34.0 Å². The topological polar surface area (TPSA) is 110 Å². The smallest absolute Gasteiger partial charge is 0.418 e. The minimum absolute atomic E-state index is 0.0514. The molecular formula is C29H30ClF5N6O3. The lowest BCUT2D eigenvalue weighted by atomic mass is 9.74. The molecule has 0 amide bonds. The maximum Gasteiger partial charge on any atom is 0.418 e. The van der Waals surface area contributed by atoms with E-state index in [4.69, 9.17) is 26.8 Å². The highest BCUT2D eigenvalue weighted by molar-refractivity contribution is 6.32. The summed E-state index contributed by atoms with van der Waals surface area (Å²) in [6.45, 7) is 1.52. The molecule has 7 rings (SSSR count). The van der Waals surface area contributed by atoms with Gasteiger partial charge in [0, 0.05) is 57.1 Å². The number of nitrogen functional groups attached to an aromatic ring is 1. The van der Waals surface area contributed by atoms with Gasteiger partial charge in [0.1, 0.15) is 40.8 Å². The van der Waals surface area contributed by atoms with Crippen molar-refractivity contribution in [2.75, 3.05) is 43.9 Å². The SMILES string of the molecule is CN1CCC2(CC(O)C2)Oc2nc(-c3cc(N)cc(Cl)c3C(F)(F)F)c(F)c3nc(OC[C@@]45CCCN4C[C@H](F)C5)nc1c23. The van der Waals surface area contributed by atoms with E-state index in [0.29, 0.717) is 19.5 Å². The molecule has 2 aromatic heterocycles. The molecule has 3 N–H and O–H groups in total. The predicted octanol–water partition coefficient (Wildman–Crippen LogP) is 5.15. The Morgan fingerprint density at radius 2 is 1.93 bits per heavy atom. The average molecular weight is 641 g/mol. The van der Waals surface area contributed by atoms with Crippen molar-refractivity contribution in [3.8, 4) is 23.1 Å². The first-order valence-corrected chi connectivity index (χ1v) is 14.8.